The van der Waals surface area contributed by atoms with Gasteiger partial charge in [-0.05, 0) is 62.1 Å². The quantitative estimate of drug-likeness (QED) is 0.133. The number of nitrogens with zero attached hydrogens (tertiary/aromatic N) is 4. The molecule has 0 fully saturated rings. The molecule has 3 aromatic carbocycles. The summed E-state index contributed by atoms with van der Waals surface area (Å²) in [5, 5.41) is 19.6. The topological polar surface area (TPSA) is 117 Å². The summed E-state index contributed by atoms with van der Waals surface area (Å²) in [6, 6.07) is 17.6. The minimum atomic E-state index is -1.29. The summed E-state index contributed by atoms with van der Waals surface area (Å²) in [5.74, 6) is -0.168. The largest absolute Gasteiger partial charge is 0.548 e. The van der Waals surface area contributed by atoms with Gasteiger partial charge in [0.05, 0.1) is 64.7 Å². The molecule has 2 amide bonds. The van der Waals surface area contributed by atoms with E-state index in [2.05, 4.69) is 10.4 Å². The van der Waals surface area contributed by atoms with Gasteiger partial charge in [0.15, 0.2) is 0 Å². The lowest BCUT2D eigenvalue weighted by Crippen LogP contribution is -2.48. The first-order valence-electron chi connectivity index (χ1n) is 16.8. The predicted octanol–water partition coefficient (Wildman–Crippen LogP) is 5.19. The number of anilines is 1. The van der Waals surface area contributed by atoms with Gasteiger partial charge in [-0.25, -0.2) is 0 Å². The first kappa shape index (κ1) is 36.9. The molecule has 50 heavy (non-hydrogen) atoms. The van der Waals surface area contributed by atoms with Crippen LogP contribution in [0.5, 0.6) is 5.75 Å². The molecule has 10 nitrogen and oxygen atoms in total. The van der Waals surface area contributed by atoms with Crippen molar-refractivity contribution in [2.75, 3.05) is 51.5 Å². The number of hydrogen-bond acceptors (Lipinski definition) is 7. The molecule has 1 atom stereocenters. The zero-order valence-corrected chi connectivity index (χ0v) is 30.6. The molecule has 0 aliphatic carbocycles. The number of carboxylic acid groups (broad SMARTS) is 1. The highest BCUT2D eigenvalue weighted by Gasteiger charge is 2.25. The highest BCUT2D eigenvalue weighted by atomic mass is 35.5. The third-order valence-electron chi connectivity index (χ3n) is 8.55. The van der Waals surface area contributed by atoms with E-state index < -0.39 is 17.9 Å². The second-order valence-corrected chi connectivity index (χ2v) is 15.0. The van der Waals surface area contributed by atoms with E-state index in [4.69, 9.17) is 16.3 Å². The Morgan fingerprint density at radius 1 is 1.08 bits per heavy atom. The van der Waals surface area contributed by atoms with E-state index >= 15 is 0 Å². The van der Waals surface area contributed by atoms with Crippen LogP contribution in [0.3, 0.4) is 0 Å². The van der Waals surface area contributed by atoms with E-state index in [-0.39, 0.29) is 5.91 Å². The maximum Gasteiger partial charge on any atom is 0.251 e. The summed E-state index contributed by atoms with van der Waals surface area (Å²) in [6.07, 6.45) is 5.66. The Morgan fingerprint density at radius 3 is 2.64 bits per heavy atom. The molecule has 2 heterocycles. The van der Waals surface area contributed by atoms with Crippen LogP contribution in [0.4, 0.5) is 5.69 Å². The lowest BCUT2D eigenvalue weighted by molar-refractivity contribution is -0.870. The number of amides is 2. The maximum absolute atomic E-state index is 13.4. The van der Waals surface area contributed by atoms with Crippen LogP contribution in [0, 0.1) is 6.92 Å². The van der Waals surface area contributed by atoms with Crippen molar-refractivity contribution in [1.82, 2.24) is 15.1 Å². The van der Waals surface area contributed by atoms with Gasteiger partial charge in [0.25, 0.3) is 5.91 Å². The van der Waals surface area contributed by atoms with Crippen LogP contribution in [-0.4, -0.2) is 84.7 Å². The second kappa shape index (κ2) is 16.6. The van der Waals surface area contributed by atoms with Gasteiger partial charge in [-0.3, -0.25) is 14.3 Å². The Labute approximate surface area is 303 Å². The van der Waals surface area contributed by atoms with Gasteiger partial charge in [-0.2, -0.15) is 5.10 Å². The van der Waals surface area contributed by atoms with Gasteiger partial charge < -0.3 is 29.3 Å². The summed E-state index contributed by atoms with van der Waals surface area (Å²) >= 11 is 7.93. The van der Waals surface area contributed by atoms with Crippen molar-refractivity contribution in [3.05, 3.63) is 94.8 Å². The molecule has 0 bridgehead atoms. The lowest BCUT2D eigenvalue weighted by atomic mass is 10.1. The fourth-order valence-electron chi connectivity index (χ4n) is 5.87. The van der Waals surface area contributed by atoms with Crippen molar-refractivity contribution in [2.24, 2.45) is 0 Å². The van der Waals surface area contributed by atoms with Gasteiger partial charge in [0, 0.05) is 57.1 Å². The van der Waals surface area contributed by atoms with Gasteiger partial charge >= 0.3 is 0 Å². The average Bonchev–Trinajstić information content (AvgIpc) is 3.54. The molecule has 1 N–H and O–H groups in total. The van der Waals surface area contributed by atoms with Crippen molar-refractivity contribution in [1.29, 1.82) is 0 Å². The minimum Gasteiger partial charge on any atom is -0.548 e. The molecule has 1 aliphatic rings. The molecule has 1 aliphatic heterocycles. The number of carbonyl (C=O) groups is 3. The molecule has 0 radical (unpaired) electrons. The van der Waals surface area contributed by atoms with E-state index in [1.807, 2.05) is 87.8 Å². The summed E-state index contributed by atoms with van der Waals surface area (Å²) in [6.45, 7) is 4.17. The zero-order valence-electron chi connectivity index (χ0n) is 29.0. The summed E-state index contributed by atoms with van der Waals surface area (Å²) < 4.78 is 8.41. The third-order valence-corrected chi connectivity index (χ3v) is 10.1. The van der Waals surface area contributed by atoms with Crippen molar-refractivity contribution >= 4 is 46.8 Å². The Kier molecular flexibility index (Phi) is 12.3. The molecule has 4 aromatic rings. The van der Waals surface area contributed by atoms with Crippen molar-refractivity contribution in [3.8, 4) is 16.9 Å². The molecular weight excluding hydrogens is 674 g/mol. The van der Waals surface area contributed by atoms with E-state index in [9.17, 15) is 19.5 Å². The van der Waals surface area contributed by atoms with Crippen LogP contribution in [-0.2, 0) is 16.1 Å². The van der Waals surface area contributed by atoms with E-state index in [1.165, 1.54) is 0 Å². The molecule has 1 aromatic heterocycles. The molecular formula is C38H44ClN5O5S. The monoisotopic (exact) mass is 717 g/mol. The second-order valence-electron chi connectivity index (χ2n) is 13.5. The summed E-state index contributed by atoms with van der Waals surface area (Å²) in [5.41, 5.74) is 4.93. The van der Waals surface area contributed by atoms with Crippen molar-refractivity contribution in [3.63, 3.8) is 0 Å². The van der Waals surface area contributed by atoms with Crippen molar-refractivity contribution < 1.29 is 28.7 Å². The fourth-order valence-corrected chi connectivity index (χ4v) is 7.18. The van der Waals surface area contributed by atoms with Crippen molar-refractivity contribution in [2.45, 2.75) is 50.1 Å². The zero-order chi connectivity index (χ0) is 35.8. The maximum atomic E-state index is 13.4. The van der Waals surface area contributed by atoms with Gasteiger partial charge in [0.2, 0.25) is 5.91 Å². The van der Waals surface area contributed by atoms with E-state index in [1.54, 1.807) is 34.6 Å². The van der Waals surface area contributed by atoms with Crippen LogP contribution < -0.4 is 20.1 Å². The number of halogens is 1. The Hall–Kier alpha value is -4.32. The summed E-state index contributed by atoms with van der Waals surface area (Å²) in [7, 11) is 6.11. The molecule has 0 saturated heterocycles. The lowest BCUT2D eigenvalue weighted by Gasteiger charge is -2.30. The predicted molar refractivity (Wildman–Crippen MR) is 196 cm³/mol. The molecule has 0 spiro atoms. The number of fused-ring (bicyclic) bond motifs is 1. The number of carboxylic acids is 1. The van der Waals surface area contributed by atoms with Crippen LogP contribution in [0.25, 0.3) is 11.1 Å². The SMILES string of the molecule is Cc1c(Cl)cccc1OCCCC(=O)N1CCSc2c(-c3cnn(Cc4cccc(C(=O)N[C@@H](CCC[N+](C)(C)C)C(=O)[O-])c4)c3)cccc21. The highest BCUT2D eigenvalue weighted by molar-refractivity contribution is 7.99. The van der Waals surface area contributed by atoms with Gasteiger partial charge in [-0.15, -0.1) is 11.8 Å². The number of rotatable bonds is 15. The molecule has 0 unspecified atom stereocenters. The van der Waals surface area contributed by atoms with Gasteiger partial charge in [0.1, 0.15) is 5.75 Å². The van der Waals surface area contributed by atoms with E-state index in [0.717, 1.165) is 50.9 Å². The van der Waals surface area contributed by atoms with E-state index in [0.29, 0.717) is 60.4 Å². The molecule has 0 saturated carbocycles. The number of aromatic nitrogens is 2. The first-order valence-corrected chi connectivity index (χ1v) is 18.1. The van der Waals surface area contributed by atoms with Crippen LogP contribution in [0.1, 0.15) is 47.2 Å². The third kappa shape index (κ3) is 9.68. The number of benzene rings is 3. The number of carbonyl (C=O) groups excluding carboxylic acids is 3. The first-order chi connectivity index (χ1) is 23.9. The van der Waals surface area contributed by atoms with Crippen LogP contribution in [0.2, 0.25) is 5.02 Å². The Balaban J connectivity index is 1.21. The highest BCUT2D eigenvalue weighted by Crippen LogP contribution is 2.42. The minimum absolute atomic E-state index is 0.0600. The number of nitrogens with one attached hydrogen (secondary N) is 1. The number of hydrogen-bond donors (Lipinski definition) is 1. The fraction of sp³-hybridized carbons (Fsp3) is 0.368. The Bertz CT molecular complexity index is 1840. The molecule has 5 rings (SSSR count). The number of quaternary nitrogens is 1. The summed E-state index contributed by atoms with van der Waals surface area (Å²) in [4.78, 5) is 41.0. The van der Waals surface area contributed by atoms with Crippen LogP contribution >= 0.6 is 23.4 Å². The molecule has 12 heteroatoms. The normalized spacial score (nSPS) is 13.4. The number of thioether (sulfide) groups is 1. The average molecular weight is 718 g/mol. The van der Waals surface area contributed by atoms with Gasteiger partial charge in [-0.1, -0.05) is 41.9 Å². The number of aliphatic carboxylic acids is 1. The standard InChI is InChI=1S/C38H44ClN5O5S/c1-26-31(39)13-7-16-34(26)49-20-9-17-35(45)43-18-21-50-36-30(12-6-15-33(36)43)29-23-40-42(25-29)24-27-10-5-11-28(22-27)37(46)41-32(38(47)48)14-8-19-44(2,3)4/h5-7,10-13,15-16,22-23,25,32H,8-9,14,17-21,24H2,1-4H3,(H-,41,46,47,48)/t32-/m0/s1. The Morgan fingerprint density at radius 2 is 1.86 bits per heavy atom. The smallest absolute Gasteiger partial charge is 0.251 e. The molecule has 264 valence electrons. The van der Waals surface area contributed by atoms with Crippen LogP contribution in [0.15, 0.2) is 78.0 Å². The number of ether oxygens (including phenoxy) is 1.